The Morgan fingerprint density at radius 1 is 1.56 bits per heavy atom. The van der Waals surface area contributed by atoms with Crippen LogP contribution in [0.5, 0.6) is 5.75 Å². The van der Waals surface area contributed by atoms with Crippen LogP contribution in [-0.2, 0) is 0 Å². The monoisotopic (exact) mass is 252 g/mol. The van der Waals surface area contributed by atoms with Gasteiger partial charge in [0.15, 0.2) is 0 Å². The molecule has 0 aliphatic heterocycles. The summed E-state index contributed by atoms with van der Waals surface area (Å²) in [6, 6.07) is 5.11. The smallest absolute Gasteiger partial charge is 0.257 e. The highest BCUT2D eigenvalue weighted by Gasteiger charge is 2.15. The van der Waals surface area contributed by atoms with Crippen LogP contribution in [-0.4, -0.2) is 30.3 Å². The van der Waals surface area contributed by atoms with Gasteiger partial charge in [0.25, 0.3) is 5.91 Å². The third kappa shape index (κ3) is 3.92. The van der Waals surface area contributed by atoms with Crippen molar-refractivity contribution in [1.29, 1.82) is 0 Å². The van der Waals surface area contributed by atoms with Crippen LogP contribution in [0.1, 0.15) is 30.6 Å². The summed E-state index contributed by atoms with van der Waals surface area (Å²) in [4.78, 5) is 12.0. The van der Waals surface area contributed by atoms with Crippen molar-refractivity contribution >= 4 is 11.6 Å². The first-order valence-electron chi connectivity index (χ1n) is 6.03. The molecule has 1 unspecified atom stereocenters. The number of hydrogen-bond donors (Lipinski definition) is 3. The molecule has 5 nitrogen and oxygen atoms in total. The minimum absolute atomic E-state index is 0.280. The number of aliphatic hydroxyl groups is 1. The highest BCUT2D eigenvalue weighted by Crippen LogP contribution is 2.24. The first-order chi connectivity index (χ1) is 8.56. The van der Waals surface area contributed by atoms with E-state index in [-0.39, 0.29) is 5.91 Å². The lowest BCUT2D eigenvalue weighted by molar-refractivity contribution is 0.0943. The number of hydrogen-bond acceptors (Lipinski definition) is 4. The first kappa shape index (κ1) is 14.3. The lowest BCUT2D eigenvalue weighted by atomic mass is 10.1. The SMILES string of the molecule is CCOc1cccc(N)c1C(=O)NCCC(C)O. The molecule has 1 aromatic carbocycles. The summed E-state index contributed by atoms with van der Waals surface area (Å²) in [5, 5.41) is 11.8. The van der Waals surface area contributed by atoms with Gasteiger partial charge < -0.3 is 20.9 Å². The topological polar surface area (TPSA) is 84.6 Å². The maximum absolute atomic E-state index is 12.0. The molecular weight excluding hydrogens is 232 g/mol. The van der Waals surface area contributed by atoms with Crippen LogP contribution < -0.4 is 15.8 Å². The molecule has 0 fully saturated rings. The van der Waals surface area contributed by atoms with Crippen molar-refractivity contribution in [3.8, 4) is 5.75 Å². The van der Waals surface area contributed by atoms with Gasteiger partial charge in [0, 0.05) is 12.2 Å². The Balaban J connectivity index is 2.77. The first-order valence-corrected chi connectivity index (χ1v) is 6.03. The highest BCUT2D eigenvalue weighted by molar-refractivity contribution is 6.01. The normalized spacial score (nSPS) is 11.9. The van der Waals surface area contributed by atoms with Gasteiger partial charge in [-0.15, -0.1) is 0 Å². The standard InChI is InChI=1S/C13H20N2O3/c1-3-18-11-6-4-5-10(14)12(11)13(17)15-8-7-9(2)16/h4-6,9,16H,3,7-8,14H2,1-2H3,(H,15,17). The molecule has 0 radical (unpaired) electrons. The maximum Gasteiger partial charge on any atom is 0.257 e. The molecule has 1 amide bonds. The van der Waals surface area contributed by atoms with Gasteiger partial charge in [-0.1, -0.05) is 6.07 Å². The highest BCUT2D eigenvalue weighted by atomic mass is 16.5. The van der Waals surface area contributed by atoms with Crippen molar-refractivity contribution in [3.05, 3.63) is 23.8 Å². The van der Waals surface area contributed by atoms with Crippen LogP contribution in [0.15, 0.2) is 18.2 Å². The molecule has 0 saturated carbocycles. The summed E-state index contributed by atoms with van der Waals surface area (Å²) < 4.78 is 5.38. The zero-order valence-electron chi connectivity index (χ0n) is 10.8. The molecule has 4 N–H and O–H groups in total. The molecule has 5 heteroatoms. The zero-order chi connectivity index (χ0) is 13.5. The van der Waals surface area contributed by atoms with Crippen molar-refractivity contribution in [3.63, 3.8) is 0 Å². The Kier molecular flexibility index (Phi) is 5.45. The second-order valence-electron chi connectivity index (χ2n) is 4.05. The van der Waals surface area contributed by atoms with Crippen molar-refractivity contribution in [2.45, 2.75) is 26.4 Å². The van der Waals surface area contributed by atoms with Gasteiger partial charge in [0.1, 0.15) is 11.3 Å². The van der Waals surface area contributed by atoms with Crippen LogP contribution >= 0.6 is 0 Å². The third-order valence-electron chi connectivity index (χ3n) is 2.43. The van der Waals surface area contributed by atoms with Crippen molar-refractivity contribution in [2.24, 2.45) is 0 Å². The van der Waals surface area contributed by atoms with Gasteiger partial charge in [-0.05, 0) is 32.4 Å². The largest absolute Gasteiger partial charge is 0.493 e. The number of nitrogens with two attached hydrogens (primary N) is 1. The molecular formula is C13H20N2O3. The number of carbonyl (C=O) groups excluding carboxylic acids is 1. The third-order valence-corrected chi connectivity index (χ3v) is 2.43. The Bertz CT molecular complexity index is 405. The van der Waals surface area contributed by atoms with Gasteiger partial charge in [-0.3, -0.25) is 4.79 Å². The molecule has 0 saturated heterocycles. The molecule has 0 aliphatic rings. The summed E-state index contributed by atoms with van der Waals surface area (Å²) in [6.07, 6.45) is 0.0624. The van der Waals surface area contributed by atoms with E-state index in [0.29, 0.717) is 36.6 Å². The van der Waals surface area contributed by atoms with E-state index in [0.717, 1.165) is 0 Å². The molecule has 1 rings (SSSR count). The molecule has 0 bridgehead atoms. The quantitative estimate of drug-likeness (QED) is 0.663. The average Bonchev–Trinajstić information content (AvgIpc) is 2.28. The second-order valence-corrected chi connectivity index (χ2v) is 4.05. The lowest BCUT2D eigenvalue weighted by Gasteiger charge is -2.13. The van der Waals surface area contributed by atoms with E-state index < -0.39 is 6.10 Å². The lowest BCUT2D eigenvalue weighted by Crippen LogP contribution is -2.27. The van der Waals surface area contributed by atoms with Gasteiger partial charge in [0.2, 0.25) is 0 Å². The van der Waals surface area contributed by atoms with Crippen LogP contribution in [0.4, 0.5) is 5.69 Å². The van der Waals surface area contributed by atoms with E-state index in [1.807, 2.05) is 6.92 Å². The summed E-state index contributed by atoms with van der Waals surface area (Å²) in [6.45, 7) is 4.39. The van der Waals surface area contributed by atoms with E-state index >= 15 is 0 Å². The average molecular weight is 252 g/mol. The fourth-order valence-electron chi connectivity index (χ4n) is 1.55. The summed E-state index contributed by atoms with van der Waals surface area (Å²) in [7, 11) is 0. The minimum atomic E-state index is -0.440. The summed E-state index contributed by atoms with van der Waals surface area (Å²) in [5.74, 6) is 0.198. The number of rotatable bonds is 6. The number of aliphatic hydroxyl groups excluding tert-OH is 1. The fourth-order valence-corrected chi connectivity index (χ4v) is 1.55. The Hall–Kier alpha value is -1.75. The van der Waals surface area contributed by atoms with Crippen molar-refractivity contribution < 1.29 is 14.6 Å². The van der Waals surface area contributed by atoms with Crippen LogP contribution in [0.2, 0.25) is 0 Å². The summed E-state index contributed by atoms with van der Waals surface area (Å²) in [5.41, 5.74) is 6.53. The molecule has 1 atom stereocenters. The van der Waals surface area contributed by atoms with Crippen LogP contribution in [0.25, 0.3) is 0 Å². The molecule has 0 heterocycles. The van der Waals surface area contributed by atoms with E-state index in [4.69, 9.17) is 15.6 Å². The molecule has 18 heavy (non-hydrogen) atoms. The second kappa shape index (κ2) is 6.86. The fraction of sp³-hybridized carbons (Fsp3) is 0.462. The van der Waals surface area contributed by atoms with Gasteiger partial charge in [-0.2, -0.15) is 0 Å². The Morgan fingerprint density at radius 2 is 2.28 bits per heavy atom. The summed E-state index contributed by atoms with van der Waals surface area (Å²) >= 11 is 0. The number of ether oxygens (including phenoxy) is 1. The number of carbonyl (C=O) groups is 1. The molecule has 1 aromatic rings. The van der Waals surface area contributed by atoms with E-state index in [2.05, 4.69) is 5.32 Å². The minimum Gasteiger partial charge on any atom is -0.493 e. The van der Waals surface area contributed by atoms with Gasteiger partial charge in [-0.25, -0.2) is 0 Å². The number of anilines is 1. The van der Waals surface area contributed by atoms with Crippen molar-refractivity contribution in [1.82, 2.24) is 5.32 Å². The van der Waals surface area contributed by atoms with E-state index in [1.54, 1.807) is 25.1 Å². The van der Waals surface area contributed by atoms with Crippen molar-refractivity contribution in [2.75, 3.05) is 18.9 Å². The number of nitrogens with one attached hydrogen (secondary N) is 1. The maximum atomic E-state index is 12.0. The number of nitrogen functional groups attached to an aromatic ring is 1. The molecule has 0 aliphatic carbocycles. The molecule has 100 valence electrons. The molecule has 0 spiro atoms. The van der Waals surface area contributed by atoms with Crippen LogP contribution in [0.3, 0.4) is 0 Å². The molecule has 0 aromatic heterocycles. The predicted octanol–water partition coefficient (Wildman–Crippen LogP) is 1.17. The predicted molar refractivity (Wildman–Crippen MR) is 70.7 cm³/mol. The van der Waals surface area contributed by atoms with E-state index in [9.17, 15) is 4.79 Å². The Morgan fingerprint density at radius 3 is 2.89 bits per heavy atom. The van der Waals surface area contributed by atoms with Crippen LogP contribution in [0, 0.1) is 0 Å². The number of benzene rings is 1. The Labute approximate surface area is 107 Å². The van der Waals surface area contributed by atoms with Gasteiger partial charge >= 0.3 is 0 Å². The van der Waals surface area contributed by atoms with Gasteiger partial charge in [0.05, 0.1) is 12.7 Å². The zero-order valence-corrected chi connectivity index (χ0v) is 10.8. The number of amides is 1. The van der Waals surface area contributed by atoms with E-state index in [1.165, 1.54) is 0 Å².